The van der Waals surface area contributed by atoms with Crippen molar-refractivity contribution in [1.82, 2.24) is 9.80 Å². The first-order valence-electron chi connectivity index (χ1n) is 8.20. The van der Waals surface area contributed by atoms with E-state index in [2.05, 4.69) is 6.07 Å². The third kappa shape index (κ3) is 4.98. The third-order valence-corrected chi connectivity index (χ3v) is 4.27. The van der Waals surface area contributed by atoms with Gasteiger partial charge in [-0.1, -0.05) is 29.8 Å². The summed E-state index contributed by atoms with van der Waals surface area (Å²) in [6, 6.07) is 9.97. The second-order valence-corrected chi connectivity index (χ2v) is 6.23. The lowest BCUT2D eigenvalue weighted by Crippen LogP contribution is -2.46. The van der Waals surface area contributed by atoms with Crippen LogP contribution in [0.5, 0.6) is 0 Å². The number of urea groups is 1. The van der Waals surface area contributed by atoms with Gasteiger partial charge in [-0.2, -0.15) is 5.26 Å². The monoisotopic (exact) mass is 329 g/mol. The number of carboxylic acids is 1. The van der Waals surface area contributed by atoms with Crippen LogP contribution in [-0.2, 0) is 11.3 Å². The van der Waals surface area contributed by atoms with Crippen LogP contribution >= 0.6 is 0 Å². The fraction of sp³-hybridized carbons (Fsp3) is 0.500. The first-order chi connectivity index (χ1) is 11.5. The van der Waals surface area contributed by atoms with Crippen molar-refractivity contribution in [2.24, 2.45) is 5.92 Å². The molecular weight excluding hydrogens is 306 g/mol. The Morgan fingerprint density at radius 1 is 1.38 bits per heavy atom. The van der Waals surface area contributed by atoms with Crippen LogP contribution in [0.15, 0.2) is 24.3 Å². The van der Waals surface area contributed by atoms with Crippen molar-refractivity contribution in [2.75, 3.05) is 19.6 Å². The minimum absolute atomic E-state index is 0.0123. The molecule has 6 heteroatoms. The number of benzene rings is 1. The van der Waals surface area contributed by atoms with Crippen LogP contribution in [0.3, 0.4) is 0 Å². The number of carbonyl (C=O) groups excluding carboxylic acids is 1. The average Bonchev–Trinajstić information content (AvgIpc) is 2.58. The van der Waals surface area contributed by atoms with Crippen LogP contribution in [0.4, 0.5) is 4.79 Å². The molecule has 1 aliphatic heterocycles. The minimum atomic E-state index is -0.916. The lowest BCUT2D eigenvalue weighted by Gasteiger charge is -2.34. The van der Waals surface area contributed by atoms with Gasteiger partial charge in [-0.15, -0.1) is 0 Å². The standard InChI is InChI=1S/C18H23N3O3/c1-14-3-2-4-16(11-14)13-21(10-7-17(22)23)18(24)20-8-5-15(12-19)6-9-20/h2-4,11,15H,5-10,13H2,1H3,(H,22,23). The van der Waals surface area contributed by atoms with Crippen LogP contribution in [0.25, 0.3) is 0 Å². The predicted molar refractivity (Wildman–Crippen MR) is 89.1 cm³/mol. The van der Waals surface area contributed by atoms with Crippen molar-refractivity contribution >= 4 is 12.0 Å². The fourth-order valence-corrected chi connectivity index (χ4v) is 2.90. The number of amides is 2. The number of nitrogens with zero attached hydrogens (tertiary/aromatic N) is 3. The van der Waals surface area contributed by atoms with E-state index in [9.17, 15) is 9.59 Å². The molecule has 2 amide bonds. The molecule has 1 aromatic carbocycles. The summed E-state index contributed by atoms with van der Waals surface area (Å²) < 4.78 is 0. The molecule has 2 rings (SSSR count). The maximum atomic E-state index is 12.8. The normalized spacial score (nSPS) is 14.9. The van der Waals surface area contributed by atoms with E-state index in [0.29, 0.717) is 32.5 Å². The maximum absolute atomic E-state index is 12.8. The first-order valence-corrected chi connectivity index (χ1v) is 8.20. The molecule has 0 radical (unpaired) electrons. The Morgan fingerprint density at radius 3 is 2.67 bits per heavy atom. The Hall–Kier alpha value is -2.55. The summed E-state index contributed by atoms with van der Waals surface area (Å²) in [6.45, 7) is 3.66. The zero-order valence-electron chi connectivity index (χ0n) is 13.9. The molecule has 0 atom stereocenters. The van der Waals surface area contributed by atoms with Crippen molar-refractivity contribution < 1.29 is 14.7 Å². The van der Waals surface area contributed by atoms with Gasteiger partial charge in [0, 0.05) is 32.1 Å². The van der Waals surface area contributed by atoms with E-state index in [1.165, 1.54) is 0 Å². The molecule has 24 heavy (non-hydrogen) atoms. The number of carboxylic acid groups (broad SMARTS) is 1. The van der Waals surface area contributed by atoms with E-state index >= 15 is 0 Å². The van der Waals surface area contributed by atoms with Crippen molar-refractivity contribution in [3.8, 4) is 6.07 Å². The Labute approximate surface area is 142 Å². The molecule has 0 bridgehead atoms. The summed E-state index contributed by atoms with van der Waals surface area (Å²) in [5, 5.41) is 17.9. The SMILES string of the molecule is Cc1cccc(CN(CCC(=O)O)C(=O)N2CCC(C#N)CC2)c1. The highest BCUT2D eigenvalue weighted by Gasteiger charge is 2.26. The van der Waals surface area contributed by atoms with E-state index in [4.69, 9.17) is 10.4 Å². The molecule has 0 spiro atoms. The summed E-state index contributed by atoms with van der Waals surface area (Å²) in [4.78, 5) is 27.0. The highest BCUT2D eigenvalue weighted by Crippen LogP contribution is 2.18. The first kappa shape index (κ1) is 17.8. The van der Waals surface area contributed by atoms with Crippen LogP contribution in [0, 0.1) is 24.2 Å². The third-order valence-electron chi connectivity index (χ3n) is 4.27. The summed E-state index contributed by atoms with van der Waals surface area (Å²) in [5.41, 5.74) is 2.09. The van der Waals surface area contributed by atoms with Gasteiger partial charge in [0.1, 0.15) is 0 Å². The summed E-state index contributed by atoms with van der Waals surface area (Å²) in [5.74, 6) is -0.904. The van der Waals surface area contributed by atoms with Crippen LogP contribution in [0.1, 0.15) is 30.4 Å². The lowest BCUT2D eigenvalue weighted by atomic mass is 9.99. The molecule has 128 valence electrons. The largest absolute Gasteiger partial charge is 0.481 e. The van der Waals surface area contributed by atoms with E-state index in [-0.39, 0.29) is 24.9 Å². The number of likely N-dealkylation sites (tertiary alicyclic amines) is 1. The van der Waals surface area contributed by atoms with Gasteiger partial charge < -0.3 is 14.9 Å². The van der Waals surface area contributed by atoms with Gasteiger partial charge in [0.2, 0.25) is 0 Å². The van der Waals surface area contributed by atoms with Crippen molar-refractivity contribution in [3.05, 3.63) is 35.4 Å². The van der Waals surface area contributed by atoms with Gasteiger partial charge in [-0.25, -0.2) is 4.79 Å². The minimum Gasteiger partial charge on any atom is -0.481 e. The van der Waals surface area contributed by atoms with Gasteiger partial charge in [0.15, 0.2) is 0 Å². The van der Waals surface area contributed by atoms with E-state index < -0.39 is 5.97 Å². The number of aryl methyl sites for hydroxylation is 1. The summed E-state index contributed by atoms with van der Waals surface area (Å²) in [6.07, 6.45) is 1.28. The van der Waals surface area contributed by atoms with Crippen molar-refractivity contribution in [3.63, 3.8) is 0 Å². The topological polar surface area (TPSA) is 84.6 Å². The van der Waals surface area contributed by atoms with Crippen LogP contribution in [0.2, 0.25) is 0 Å². The molecule has 1 heterocycles. The van der Waals surface area contributed by atoms with Gasteiger partial charge in [0.05, 0.1) is 12.5 Å². The molecule has 0 aromatic heterocycles. The zero-order valence-corrected chi connectivity index (χ0v) is 13.9. The highest BCUT2D eigenvalue weighted by molar-refractivity contribution is 5.75. The molecule has 1 N–H and O–H groups in total. The second kappa shape index (κ2) is 8.34. The zero-order chi connectivity index (χ0) is 17.5. The second-order valence-electron chi connectivity index (χ2n) is 6.23. The molecule has 0 saturated carbocycles. The van der Waals surface area contributed by atoms with Crippen molar-refractivity contribution in [1.29, 1.82) is 5.26 Å². The van der Waals surface area contributed by atoms with Gasteiger partial charge in [-0.05, 0) is 25.3 Å². The van der Waals surface area contributed by atoms with Crippen molar-refractivity contribution in [2.45, 2.75) is 32.7 Å². The Morgan fingerprint density at radius 2 is 2.08 bits per heavy atom. The Bertz CT molecular complexity index is 631. The maximum Gasteiger partial charge on any atom is 0.320 e. The van der Waals surface area contributed by atoms with Crippen LogP contribution < -0.4 is 0 Å². The predicted octanol–water partition coefficient (Wildman–Crippen LogP) is 2.63. The molecule has 1 fully saturated rings. The Balaban J connectivity index is 2.06. The smallest absolute Gasteiger partial charge is 0.320 e. The number of rotatable bonds is 5. The Kier molecular flexibility index (Phi) is 6.19. The number of hydrogen-bond donors (Lipinski definition) is 1. The number of aliphatic carboxylic acids is 1. The number of carbonyl (C=O) groups is 2. The van der Waals surface area contributed by atoms with Crippen LogP contribution in [-0.4, -0.2) is 46.5 Å². The molecule has 6 nitrogen and oxygen atoms in total. The lowest BCUT2D eigenvalue weighted by molar-refractivity contribution is -0.137. The average molecular weight is 329 g/mol. The van der Waals surface area contributed by atoms with Gasteiger partial charge >= 0.3 is 12.0 Å². The van der Waals surface area contributed by atoms with E-state index in [1.807, 2.05) is 31.2 Å². The molecule has 0 unspecified atom stereocenters. The molecule has 0 aliphatic carbocycles. The summed E-state index contributed by atoms with van der Waals surface area (Å²) in [7, 11) is 0. The number of nitriles is 1. The number of hydrogen-bond acceptors (Lipinski definition) is 3. The highest BCUT2D eigenvalue weighted by atomic mass is 16.4. The fourth-order valence-electron chi connectivity index (χ4n) is 2.90. The molecule has 1 saturated heterocycles. The van der Waals surface area contributed by atoms with Gasteiger partial charge in [0.25, 0.3) is 0 Å². The molecule has 1 aromatic rings. The van der Waals surface area contributed by atoms with E-state index in [0.717, 1.165) is 11.1 Å². The molecule has 1 aliphatic rings. The number of piperidine rings is 1. The molecular formula is C18H23N3O3. The van der Waals surface area contributed by atoms with E-state index in [1.54, 1.807) is 9.80 Å². The quantitative estimate of drug-likeness (QED) is 0.900. The summed E-state index contributed by atoms with van der Waals surface area (Å²) >= 11 is 0. The van der Waals surface area contributed by atoms with Gasteiger partial charge in [-0.3, -0.25) is 4.79 Å².